The summed E-state index contributed by atoms with van der Waals surface area (Å²) in [4.78, 5) is 15.9. The molecule has 0 unspecified atom stereocenters. The minimum Gasteiger partial charge on any atom is -0.322 e. The highest BCUT2D eigenvalue weighted by Gasteiger charge is 2.16. The lowest BCUT2D eigenvalue weighted by molar-refractivity contribution is 0.102. The van der Waals surface area contributed by atoms with E-state index in [1.807, 2.05) is 6.92 Å². The molecule has 3 N–H and O–H groups in total. The third-order valence-corrected chi connectivity index (χ3v) is 4.32. The number of aryl methyl sites for hydroxylation is 1. The second kappa shape index (κ2) is 6.43. The molecular weight excluding hydrogens is 326 g/mol. The second-order valence-corrected chi connectivity index (χ2v) is 6.47. The number of benzene rings is 1. The first-order chi connectivity index (χ1) is 10.3. The molecule has 0 atom stereocenters. The van der Waals surface area contributed by atoms with Gasteiger partial charge in [-0.1, -0.05) is 24.6 Å². The van der Waals surface area contributed by atoms with Crippen molar-refractivity contribution in [2.24, 2.45) is 5.14 Å². The number of sulfonamides is 1. The molecule has 0 saturated carbocycles. The lowest BCUT2D eigenvalue weighted by atomic mass is 10.1. The van der Waals surface area contributed by atoms with Crippen molar-refractivity contribution in [3.05, 3.63) is 52.8 Å². The van der Waals surface area contributed by atoms with Gasteiger partial charge in [-0.3, -0.25) is 9.78 Å². The number of nitrogens with zero attached hydrogens (tertiary/aromatic N) is 1. The van der Waals surface area contributed by atoms with E-state index in [9.17, 15) is 13.2 Å². The van der Waals surface area contributed by atoms with Gasteiger partial charge in [-0.15, -0.1) is 0 Å². The number of anilines is 1. The quantitative estimate of drug-likeness (QED) is 0.891. The van der Waals surface area contributed by atoms with Gasteiger partial charge in [-0.05, 0) is 30.2 Å². The Balaban J connectivity index is 2.35. The molecule has 2 rings (SSSR count). The first-order valence-electron chi connectivity index (χ1n) is 6.39. The van der Waals surface area contributed by atoms with Crippen molar-refractivity contribution >= 4 is 33.2 Å². The molecule has 0 bridgehead atoms. The van der Waals surface area contributed by atoms with Crippen LogP contribution in [0.3, 0.4) is 0 Å². The molecule has 0 fully saturated rings. The molecule has 116 valence electrons. The van der Waals surface area contributed by atoms with Crippen LogP contribution in [-0.2, 0) is 16.4 Å². The molecule has 1 heterocycles. The fraction of sp³-hybridized carbons (Fsp3) is 0.143. The fourth-order valence-electron chi connectivity index (χ4n) is 1.95. The maximum Gasteiger partial charge on any atom is 0.257 e. The number of halogens is 1. The third kappa shape index (κ3) is 3.62. The van der Waals surface area contributed by atoms with Gasteiger partial charge in [0.25, 0.3) is 5.91 Å². The summed E-state index contributed by atoms with van der Waals surface area (Å²) in [5, 5.41) is 8.00. The molecular formula is C14H14ClN3O3S. The molecule has 1 amide bonds. The number of nitrogens with two attached hydrogens (primary N) is 1. The van der Waals surface area contributed by atoms with Gasteiger partial charge >= 0.3 is 0 Å². The number of pyridine rings is 1. The van der Waals surface area contributed by atoms with Crippen molar-refractivity contribution in [3.8, 4) is 0 Å². The van der Waals surface area contributed by atoms with Crippen molar-refractivity contribution in [3.63, 3.8) is 0 Å². The Morgan fingerprint density at radius 2 is 2.09 bits per heavy atom. The zero-order valence-corrected chi connectivity index (χ0v) is 13.3. The first-order valence-corrected chi connectivity index (χ1v) is 8.32. The van der Waals surface area contributed by atoms with E-state index >= 15 is 0 Å². The minimum absolute atomic E-state index is 0.00590. The highest BCUT2D eigenvalue weighted by Crippen LogP contribution is 2.22. The van der Waals surface area contributed by atoms with Crippen molar-refractivity contribution in [1.82, 2.24) is 4.98 Å². The largest absolute Gasteiger partial charge is 0.322 e. The Morgan fingerprint density at radius 1 is 1.36 bits per heavy atom. The van der Waals surface area contributed by atoms with E-state index in [0.29, 0.717) is 17.7 Å². The summed E-state index contributed by atoms with van der Waals surface area (Å²) in [6, 6.07) is 6.03. The van der Waals surface area contributed by atoms with Crippen LogP contribution in [0, 0.1) is 0 Å². The maximum atomic E-state index is 12.1. The summed E-state index contributed by atoms with van der Waals surface area (Å²) in [5.74, 6) is -0.461. The van der Waals surface area contributed by atoms with E-state index < -0.39 is 15.9 Å². The van der Waals surface area contributed by atoms with Crippen LogP contribution in [0.1, 0.15) is 22.8 Å². The molecule has 6 nitrogen and oxygen atoms in total. The molecule has 0 radical (unpaired) electrons. The number of amides is 1. The van der Waals surface area contributed by atoms with Crippen molar-refractivity contribution in [2.75, 3.05) is 5.32 Å². The fourth-order valence-corrected chi connectivity index (χ4v) is 3.02. The smallest absolute Gasteiger partial charge is 0.257 e. The number of nitrogens with one attached hydrogen (secondary N) is 1. The Labute approximate surface area is 133 Å². The Bertz CT molecular complexity index is 822. The van der Waals surface area contributed by atoms with Gasteiger partial charge in [0.1, 0.15) is 0 Å². The molecule has 0 spiro atoms. The van der Waals surface area contributed by atoms with Gasteiger partial charge < -0.3 is 5.32 Å². The van der Waals surface area contributed by atoms with E-state index in [-0.39, 0.29) is 15.5 Å². The van der Waals surface area contributed by atoms with Crippen LogP contribution in [0.4, 0.5) is 5.69 Å². The van der Waals surface area contributed by atoms with Gasteiger partial charge in [0.2, 0.25) is 10.0 Å². The maximum absolute atomic E-state index is 12.1. The molecule has 1 aromatic carbocycles. The van der Waals surface area contributed by atoms with Crippen LogP contribution in [0.25, 0.3) is 0 Å². The predicted octanol–water partition coefficient (Wildman–Crippen LogP) is 2.20. The lowest BCUT2D eigenvalue weighted by Gasteiger charge is -2.10. The summed E-state index contributed by atoms with van der Waals surface area (Å²) in [5.41, 5.74) is 1.15. The number of hydrogen-bond acceptors (Lipinski definition) is 4. The Kier molecular flexibility index (Phi) is 4.80. The second-order valence-electron chi connectivity index (χ2n) is 4.53. The van der Waals surface area contributed by atoms with Gasteiger partial charge in [0, 0.05) is 18.1 Å². The topological polar surface area (TPSA) is 102 Å². The van der Waals surface area contributed by atoms with Crippen LogP contribution in [0.15, 0.2) is 41.6 Å². The molecule has 22 heavy (non-hydrogen) atoms. The molecule has 0 saturated heterocycles. The standard InChI is InChI=1S/C14H14ClN3O3S/c1-2-9-3-4-10(7-13(9)22(16,20)21)18-14(19)11-5-6-17-8-12(11)15/h3-8H,2H2,1H3,(H,18,19)(H2,16,20,21). The molecule has 2 aromatic rings. The number of primary sulfonamides is 1. The van der Waals surface area contributed by atoms with Crippen molar-refractivity contribution < 1.29 is 13.2 Å². The van der Waals surface area contributed by atoms with E-state index in [4.69, 9.17) is 16.7 Å². The molecule has 0 aliphatic carbocycles. The molecule has 0 aliphatic rings. The number of hydrogen-bond donors (Lipinski definition) is 2. The van der Waals surface area contributed by atoms with Crippen molar-refractivity contribution in [1.29, 1.82) is 0 Å². The van der Waals surface area contributed by atoms with E-state index in [1.54, 1.807) is 12.1 Å². The highest BCUT2D eigenvalue weighted by molar-refractivity contribution is 7.89. The zero-order valence-electron chi connectivity index (χ0n) is 11.7. The number of rotatable bonds is 4. The minimum atomic E-state index is -3.86. The average molecular weight is 340 g/mol. The van der Waals surface area contributed by atoms with E-state index in [0.717, 1.165) is 0 Å². The number of carbonyl (C=O) groups is 1. The Morgan fingerprint density at radius 3 is 2.68 bits per heavy atom. The van der Waals surface area contributed by atoms with Gasteiger partial charge in [-0.25, -0.2) is 13.6 Å². The summed E-state index contributed by atoms with van der Waals surface area (Å²) in [7, 11) is -3.86. The summed E-state index contributed by atoms with van der Waals surface area (Å²) in [6.45, 7) is 1.82. The van der Waals surface area contributed by atoms with Crippen LogP contribution in [0.5, 0.6) is 0 Å². The summed E-state index contributed by atoms with van der Waals surface area (Å²) in [6.07, 6.45) is 3.30. The van der Waals surface area contributed by atoms with Gasteiger partial charge in [0.15, 0.2) is 0 Å². The SMILES string of the molecule is CCc1ccc(NC(=O)c2ccncc2Cl)cc1S(N)(=O)=O. The average Bonchev–Trinajstić information content (AvgIpc) is 2.46. The normalized spacial score (nSPS) is 11.2. The van der Waals surface area contributed by atoms with Crippen LogP contribution >= 0.6 is 11.6 Å². The van der Waals surface area contributed by atoms with Crippen LogP contribution in [0.2, 0.25) is 5.02 Å². The van der Waals surface area contributed by atoms with Crippen LogP contribution < -0.4 is 10.5 Å². The molecule has 0 aliphatic heterocycles. The van der Waals surface area contributed by atoms with Gasteiger partial charge in [-0.2, -0.15) is 0 Å². The zero-order chi connectivity index (χ0) is 16.3. The number of aromatic nitrogens is 1. The van der Waals surface area contributed by atoms with Crippen molar-refractivity contribution in [2.45, 2.75) is 18.2 Å². The van der Waals surface area contributed by atoms with Crippen LogP contribution in [-0.4, -0.2) is 19.3 Å². The van der Waals surface area contributed by atoms with Gasteiger partial charge in [0.05, 0.1) is 15.5 Å². The van der Waals surface area contributed by atoms with E-state index in [2.05, 4.69) is 10.3 Å². The Hall–Kier alpha value is -1.96. The molecule has 8 heteroatoms. The number of carbonyl (C=O) groups excluding carboxylic acids is 1. The predicted molar refractivity (Wildman–Crippen MR) is 84.4 cm³/mol. The molecule has 1 aromatic heterocycles. The third-order valence-electron chi connectivity index (χ3n) is 3.03. The first kappa shape index (κ1) is 16.4. The highest BCUT2D eigenvalue weighted by atomic mass is 35.5. The van der Waals surface area contributed by atoms with E-state index in [1.165, 1.54) is 24.5 Å². The lowest BCUT2D eigenvalue weighted by Crippen LogP contribution is -2.17. The summed E-state index contributed by atoms with van der Waals surface area (Å²) < 4.78 is 23.2. The monoisotopic (exact) mass is 339 g/mol. The summed E-state index contributed by atoms with van der Waals surface area (Å²) >= 11 is 5.90.